The molecule has 0 aliphatic carbocycles. The Labute approximate surface area is 106 Å². The number of nitrogens with zero attached hydrogens (tertiary/aromatic N) is 1. The number of benzene rings is 2. The predicted octanol–water partition coefficient (Wildman–Crippen LogP) is 3.00. The summed E-state index contributed by atoms with van der Waals surface area (Å²) in [6.07, 6.45) is 0. The van der Waals surface area contributed by atoms with Gasteiger partial charge in [0.15, 0.2) is 0 Å². The molecule has 0 fully saturated rings. The number of aromatic amines is 1. The fourth-order valence-electron chi connectivity index (χ4n) is 2.10. The minimum Gasteiger partial charge on any atom is -0.338 e. The maximum Gasteiger partial charge on any atom is 0.138 e. The summed E-state index contributed by atoms with van der Waals surface area (Å²) in [6.45, 7) is 2.59. The van der Waals surface area contributed by atoms with Gasteiger partial charge in [-0.05, 0) is 18.6 Å². The molecule has 1 heterocycles. The third kappa shape index (κ3) is 1.79. The Morgan fingerprint density at radius 3 is 2.61 bits per heavy atom. The molecule has 3 rings (SSSR count). The highest BCUT2D eigenvalue weighted by molar-refractivity contribution is 5.82. The van der Waals surface area contributed by atoms with E-state index in [0.717, 1.165) is 28.0 Å². The van der Waals surface area contributed by atoms with Crippen LogP contribution in [0, 0.1) is 6.92 Å². The monoisotopic (exact) mass is 237 g/mol. The van der Waals surface area contributed by atoms with Crippen molar-refractivity contribution in [2.24, 2.45) is 5.73 Å². The molecule has 90 valence electrons. The van der Waals surface area contributed by atoms with E-state index in [1.165, 1.54) is 5.56 Å². The second-order valence-electron chi connectivity index (χ2n) is 4.47. The molecule has 0 aliphatic rings. The highest BCUT2D eigenvalue weighted by atomic mass is 14.9. The molecular weight excluding hydrogens is 222 g/mol. The van der Waals surface area contributed by atoms with Gasteiger partial charge in [0, 0.05) is 12.1 Å². The van der Waals surface area contributed by atoms with Crippen molar-refractivity contribution in [2.45, 2.75) is 13.5 Å². The van der Waals surface area contributed by atoms with Gasteiger partial charge in [-0.3, -0.25) is 0 Å². The van der Waals surface area contributed by atoms with Crippen LogP contribution in [-0.2, 0) is 6.54 Å². The summed E-state index contributed by atoms with van der Waals surface area (Å²) in [5.41, 5.74) is 11.1. The van der Waals surface area contributed by atoms with Crippen molar-refractivity contribution < 1.29 is 0 Å². The Balaban J connectivity index is 2.16. The highest BCUT2D eigenvalue weighted by Crippen LogP contribution is 2.22. The van der Waals surface area contributed by atoms with Gasteiger partial charge in [-0.15, -0.1) is 0 Å². The first-order valence-electron chi connectivity index (χ1n) is 6.02. The average molecular weight is 237 g/mol. The van der Waals surface area contributed by atoms with Gasteiger partial charge in [-0.25, -0.2) is 4.98 Å². The minimum atomic E-state index is 0.509. The second-order valence-corrected chi connectivity index (χ2v) is 4.47. The van der Waals surface area contributed by atoms with E-state index >= 15 is 0 Å². The van der Waals surface area contributed by atoms with Crippen LogP contribution in [0.15, 0.2) is 42.5 Å². The van der Waals surface area contributed by atoms with Crippen LogP contribution in [0.25, 0.3) is 22.4 Å². The number of aryl methyl sites for hydroxylation is 1. The van der Waals surface area contributed by atoms with Crippen LogP contribution in [0.2, 0.25) is 0 Å². The van der Waals surface area contributed by atoms with Crippen LogP contribution in [-0.4, -0.2) is 9.97 Å². The van der Waals surface area contributed by atoms with Crippen molar-refractivity contribution in [3.63, 3.8) is 0 Å². The van der Waals surface area contributed by atoms with Gasteiger partial charge < -0.3 is 10.7 Å². The Morgan fingerprint density at radius 1 is 1.11 bits per heavy atom. The molecule has 3 heteroatoms. The first kappa shape index (κ1) is 11.0. The molecule has 0 saturated heterocycles. The molecule has 0 unspecified atom stereocenters. The standard InChI is InChI=1S/C15H15N3/c1-10-5-7-11(8-6-10)15-17-13-4-2-3-12(9-16)14(13)18-15/h2-8H,9,16H2,1H3,(H,17,18). The van der Waals surface area contributed by atoms with E-state index in [1.807, 2.05) is 18.2 Å². The fraction of sp³-hybridized carbons (Fsp3) is 0.133. The van der Waals surface area contributed by atoms with Crippen LogP contribution in [0.4, 0.5) is 0 Å². The Bertz CT molecular complexity index is 681. The molecule has 3 aromatic rings. The number of hydrogen-bond acceptors (Lipinski definition) is 2. The molecule has 18 heavy (non-hydrogen) atoms. The zero-order valence-electron chi connectivity index (χ0n) is 10.3. The van der Waals surface area contributed by atoms with E-state index in [0.29, 0.717) is 6.54 Å². The second kappa shape index (κ2) is 4.27. The number of H-pyrrole nitrogens is 1. The molecular formula is C15H15N3. The van der Waals surface area contributed by atoms with Crippen molar-refractivity contribution in [3.05, 3.63) is 53.6 Å². The normalized spacial score (nSPS) is 11.0. The van der Waals surface area contributed by atoms with Crippen LogP contribution < -0.4 is 5.73 Å². The van der Waals surface area contributed by atoms with Gasteiger partial charge in [0.2, 0.25) is 0 Å². The number of fused-ring (bicyclic) bond motifs is 1. The lowest BCUT2D eigenvalue weighted by Crippen LogP contribution is -1.96. The molecule has 2 aromatic carbocycles. The number of para-hydroxylation sites is 1. The molecule has 0 amide bonds. The largest absolute Gasteiger partial charge is 0.338 e. The summed E-state index contributed by atoms with van der Waals surface area (Å²) in [7, 11) is 0. The Hall–Kier alpha value is -2.13. The van der Waals surface area contributed by atoms with E-state index in [1.54, 1.807) is 0 Å². The highest BCUT2D eigenvalue weighted by Gasteiger charge is 2.07. The molecule has 3 nitrogen and oxygen atoms in total. The summed E-state index contributed by atoms with van der Waals surface area (Å²) >= 11 is 0. The summed E-state index contributed by atoms with van der Waals surface area (Å²) in [4.78, 5) is 7.99. The summed E-state index contributed by atoms with van der Waals surface area (Å²) in [5, 5.41) is 0. The number of hydrogen-bond donors (Lipinski definition) is 2. The third-order valence-corrected chi connectivity index (χ3v) is 3.14. The van der Waals surface area contributed by atoms with Crippen molar-refractivity contribution in [1.29, 1.82) is 0 Å². The molecule has 0 saturated carbocycles. The van der Waals surface area contributed by atoms with E-state index < -0.39 is 0 Å². The summed E-state index contributed by atoms with van der Waals surface area (Å²) < 4.78 is 0. The van der Waals surface area contributed by atoms with Crippen molar-refractivity contribution in [2.75, 3.05) is 0 Å². The molecule has 3 N–H and O–H groups in total. The number of nitrogens with two attached hydrogens (primary N) is 1. The van der Waals surface area contributed by atoms with Crippen LogP contribution >= 0.6 is 0 Å². The predicted molar refractivity (Wildman–Crippen MR) is 74.2 cm³/mol. The average Bonchev–Trinajstić information content (AvgIpc) is 2.83. The molecule has 0 spiro atoms. The topological polar surface area (TPSA) is 54.7 Å². The first-order chi connectivity index (χ1) is 8.78. The van der Waals surface area contributed by atoms with Gasteiger partial charge in [-0.2, -0.15) is 0 Å². The zero-order valence-corrected chi connectivity index (χ0v) is 10.3. The third-order valence-electron chi connectivity index (χ3n) is 3.14. The first-order valence-corrected chi connectivity index (χ1v) is 6.02. The minimum absolute atomic E-state index is 0.509. The van der Waals surface area contributed by atoms with Gasteiger partial charge >= 0.3 is 0 Å². The summed E-state index contributed by atoms with van der Waals surface area (Å²) in [6, 6.07) is 14.4. The number of aromatic nitrogens is 2. The maximum atomic E-state index is 5.73. The van der Waals surface area contributed by atoms with Gasteiger partial charge in [0.25, 0.3) is 0 Å². The van der Waals surface area contributed by atoms with E-state index in [9.17, 15) is 0 Å². The SMILES string of the molecule is Cc1ccc(-c2nc3c(CN)cccc3[nH]2)cc1. The van der Waals surface area contributed by atoms with Crippen LogP contribution in [0.3, 0.4) is 0 Å². The van der Waals surface area contributed by atoms with Crippen LogP contribution in [0.5, 0.6) is 0 Å². The van der Waals surface area contributed by atoms with Crippen molar-refractivity contribution in [1.82, 2.24) is 9.97 Å². The van der Waals surface area contributed by atoms with E-state index in [4.69, 9.17) is 5.73 Å². The molecule has 0 radical (unpaired) electrons. The quantitative estimate of drug-likeness (QED) is 0.720. The molecule has 0 aliphatic heterocycles. The number of nitrogens with one attached hydrogen (secondary N) is 1. The lowest BCUT2D eigenvalue weighted by molar-refractivity contribution is 1.08. The van der Waals surface area contributed by atoms with E-state index in [-0.39, 0.29) is 0 Å². The summed E-state index contributed by atoms with van der Waals surface area (Å²) in [5.74, 6) is 0.894. The van der Waals surface area contributed by atoms with Crippen molar-refractivity contribution >= 4 is 11.0 Å². The molecule has 0 atom stereocenters. The van der Waals surface area contributed by atoms with Gasteiger partial charge in [-0.1, -0.05) is 42.0 Å². The molecule has 0 bridgehead atoms. The zero-order chi connectivity index (χ0) is 12.5. The number of rotatable bonds is 2. The van der Waals surface area contributed by atoms with Crippen molar-refractivity contribution in [3.8, 4) is 11.4 Å². The van der Waals surface area contributed by atoms with Gasteiger partial charge in [0.1, 0.15) is 5.82 Å². The fourth-order valence-corrected chi connectivity index (χ4v) is 2.10. The van der Waals surface area contributed by atoms with Gasteiger partial charge in [0.05, 0.1) is 11.0 Å². The van der Waals surface area contributed by atoms with E-state index in [2.05, 4.69) is 41.2 Å². The lowest BCUT2D eigenvalue weighted by atomic mass is 10.1. The Morgan fingerprint density at radius 2 is 1.89 bits per heavy atom. The van der Waals surface area contributed by atoms with Crippen LogP contribution in [0.1, 0.15) is 11.1 Å². The Kier molecular flexibility index (Phi) is 2.61. The lowest BCUT2D eigenvalue weighted by Gasteiger charge is -1.96. The smallest absolute Gasteiger partial charge is 0.138 e. The maximum absolute atomic E-state index is 5.73. The number of imidazole rings is 1. The molecule has 1 aromatic heterocycles.